The van der Waals surface area contributed by atoms with Gasteiger partial charge in [-0.1, -0.05) is 6.42 Å². The van der Waals surface area contributed by atoms with Crippen LogP contribution in [0.4, 0.5) is 0 Å². The van der Waals surface area contributed by atoms with E-state index in [9.17, 15) is 9.59 Å². The highest BCUT2D eigenvalue weighted by atomic mass is 16.4. The van der Waals surface area contributed by atoms with Gasteiger partial charge in [-0.3, -0.25) is 14.3 Å². The van der Waals surface area contributed by atoms with E-state index < -0.39 is 17.8 Å². The summed E-state index contributed by atoms with van der Waals surface area (Å²) in [6, 6.07) is -0.156. The molecule has 1 aliphatic rings. The van der Waals surface area contributed by atoms with Crippen LogP contribution in [0.3, 0.4) is 0 Å². The molecule has 1 aromatic rings. The van der Waals surface area contributed by atoms with Crippen molar-refractivity contribution in [3.8, 4) is 0 Å². The van der Waals surface area contributed by atoms with Crippen LogP contribution in [-0.4, -0.2) is 26.8 Å². The van der Waals surface area contributed by atoms with E-state index in [1.807, 2.05) is 20.2 Å². The van der Waals surface area contributed by atoms with Crippen molar-refractivity contribution in [2.45, 2.75) is 32.2 Å². The molecule has 1 heterocycles. The Morgan fingerprint density at radius 3 is 2.74 bits per heavy atom. The topological polar surface area (TPSA) is 84.2 Å². The number of rotatable bonds is 4. The third-order valence-corrected chi connectivity index (χ3v) is 3.75. The first-order chi connectivity index (χ1) is 8.99. The van der Waals surface area contributed by atoms with Crippen molar-refractivity contribution in [3.05, 3.63) is 18.0 Å². The molecule has 0 aromatic carbocycles. The lowest BCUT2D eigenvalue weighted by molar-refractivity contribution is -0.146. The Morgan fingerprint density at radius 1 is 1.47 bits per heavy atom. The first-order valence-electron chi connectivity index (χ1n) is 6.50. The quantitative estimate of drug-likeness (QED) is 0.853. The monoisotopic (exact) mass is 265 g/mol. The molecule has 6 nitrogen and oxygen atoms in total. The van der Waals surface area contributed by atoms with Gasteiger partial charge in [-0.2, -0.15) is 5.10 Å². The minimum atomic E-state index is -0.869. The van der Waals surface area contributed by atoms with Crippen molar-refractivity contribution in [2.75, 3.05) is 0 Å². The van der Waals surface area contributed by atoms with Crippen molar-refractivity contribution in [2.24, 2.45) is 18.9 Å². The molecule has 0 aliphatic heterocycles. The molecule has 0 bridgehead atoms. The van der Waals surface area contributed by atoms with Crippen molar-refractivity contribution in [3.63, 3.8) is 0 Å². The Labute approximate surface area is 111 Å². The van der Waals surface area contributed by atoms with Gasteiger partial charge in [0.05, 0.1) is 24.1 Å². The van der Waals surface area contributed by atoms with Gasteiger partial charge in [-0.05, 0) is 19.8 Å². The first kappa shape index (κ1) is 13.6. The molecule has 2 rings (SSSR count). The maximum Gasteiger partial charge on any atom is 0.307 e. The van der Waals surface area contributed by atoms with Gasteiger partial charge in [0.25, 0.3) is 0 Å². The highest BCUT2D eigenvalue weighted by molar-refractivity contribution is 5.85. The zero-order valence-corrected chi connectivity index (χ0v) is 11.2. The number of carbonyl (C=O) groups excluding carboxylic acids is 1. The summed E-state index contributed by atoms with van der Waals surface area (Å²) in [7, 11) is 1.81. The number of aryl methyl sites for hydroxylation is 1. The van der Waals surface area contributed by atoms with Crippen LogP contribution < -0.4 is 5.32 Å². The molecule has 0 spiro atoms. The Hall–Kier alpha value is -1.85. The molecular formula is C13H19N3O3. The van der Waals surface area contributed by atoms with E-state index in [1.54, 1.807) is 10.9 Å². The molecule has 104 valence electrons. The van der Waals surface area contributed by atoms with Crippen LogP contribution in [0.5, 0.6) is 0 Å². The van der Waals surface area contributed by atoms with E-state index >= 15 is 0 Å². The van der Waals surface area contributed by atoms with Crippen LogP contribution in [0.1, 0.15) is 37.8 Å². The number of hydrogen-bond donors (Lipinski definition) is 2. The van der Waals surface area contributed by atoms with Crippen LogP contribution in [0.15, 0.2) is 12.4 Å². The molecule has 2 N–H and O–H groups in total. The Bertz CT molecular complexity index is 483. The predicted octanol–water partition coefficient (Wildman–Crippen LogP) is 1.10. The molecule has 19 heavy (non-hydrogen) atoms. The fourth-order valence-electron chi connectivity index (χ4n) is 2.64. The fourth-order valence-corrected chi connectivity index (χ4v) is 2.64. The van der Waals surface area contributed by atoms with E-state index in [0.29, 0.717) is 12.8 Å². The van der Waals surface area contributed by atoms with Crippen LogP contribution in [-0.2, 0) is 16.6 Å². The smallest absolute Gasteiger partial charge is 0.307 e. The summed E-state index contributed by atoms with van der Waals surface area (Å²) in [5, 5.41) is 16.0. The standard InChI is InChI=1S/C13H19N3O3/c1-8(9-6-14-16(2)7-9)15-12(17)10-4-3-5-11(10)13(18)19/h6-8,10-11H,3-5H2,1-2H3,(H,15,17)(H,18,19). The summed E-state index contributed by atoms with van der Waals surface area (Å²) in [4.78, 5) is 23.2. The highest BCUT2D eigenvalue weighted by Gasteiger charge is 2.38. The second kappa shape index (κ2) is 5.42. The average molecular weight is 265 g/mol. The molecule has 0 saturated heterocycles. The molecule has 1 aromatic heterocycles. The lowest BCUT2D eigenvalue weighted by Gasteiger charge is -2.19. The van der Waals surface area contributed by atoms with Gasteiger partial charge in [-0.25, -0.2) is 0 Å². The van der Waals surface area contributed by atoms with E-state index in [2.05, 4.69) is 10.4 Å². The highest BCUT2D eigenvalue weighted by Crippen LogP contribution is 2.32. The zero-order chi connectivity index (χ0) is 14.0. The van der Waals surface area contributed by atoms with Gasteiger partial charge >= 0.3 is 5.97 Å². The van der Waals surface area contributed by atoms with Gasteiger partial charge in [0.15, 0.2) is 0 Å². The number of carboxylic acid groups (broad SMARTS) is 1. The molecule has 3 unspecified atom stereocenters. The Morgan fingerprint density at radius 2 is 2.16 bits per heavy atom. The minimum Gasteiger partial charge on any atom is -0.481 e. The van der Waals surface area contributed by atoms with Gasteiger partial charge in [-0.15, -0.1) is 0 Å². The van der Waals surface area contributed by atoms with Gasteiger partial charge < -0.3 is 10.4 Å². The van der Waals surface area contributed by atoms with E-state index in [1.165, 1.54) is 0 Å². The number of nitrogens with one attached hydrogen (secondary N) is 1. The number of nitrogens with zero attached hydrogens (tertiary/aromatic N) is 2. The van der Waals surface area contributed by atoms with E-state index in [0.717, 1.165) is 12.0 Å². The number of aliphatic carboxylic acids is 1. The first-order valence-corrected chi connectivity index (χ1v) is 6.50. The summed E-state index contributed by atoms with van der Waals surface area (Å²) >= 11 is 0. The van der Waals surface area contributed by atoms with Crippen molar-refractivity contribution < 1.29 is 14.7 Å². The zero-order valence-electron chi connectivity index (χ0n) is 11.2. The van der Waals surface area contributed by atoms with Crippen LogP contribution in [0, 0.1) is 11.8 Å². The van der Waals surface area contributed by atoms with Crippen molar-refractivity contribution in [1.29, 1.82) is 0 Å². The van der Waals surface area contributed by atoms with Crippen molar-refractivity contribution >= 4 is 11.9 Å². The molecule has 1 saturated carbocycles. The normalized spacial score (nSPS) is 24.1. The SMILES string of the molecule is CC(NC(=O)C1CCCC1C(=O)O)c1cnn(C)c1. The lowest BCUT2D eigenvalue weighted by atomic mass is 9.95. The third-order valence-electron chi connectivity index (χ3n) is 3.75. The predicted molar refractivity (Wildman–Crippen MR) is 68.2 cm³/mol. The summed E-state index contributed by atoms with van der Waals surface area (Å²) in [6.07, 6.45) is 5.59. The summed E-state index contributed by atoms with van der Waals surface area (Å²) < 4.78 is 1.67. The number of hydrogen-bond acceptors (Lipinski definition) is 3. The largest absolute Gasteiger partial charge is 0.481 e. The maximum absolute atomic E-state index is 12.1. The summed E-state index contributed by atoms with van der Waals surface area (Å²) in [5.41, 5.74) is 0.917. The molecular weight excluding hydrogens is 246 g/mol. The van der Waals surface area contributed by atoms with Crippen molar-refractivity contribution in [1.82, 2.24) is 15.1 Å². The van der Waals surface area contributed by atoms with Crippen LogP contribution in [0.2, 0.25) is 0 Å². The number of amides is 1. The average Bonchev–Trinajstić information content (AvgIpc) is 2.96. The maximum atomic E-state index is 12.1. The Kier molecular flexibility index (Phi) is 3.87. The van der Waals surface area contributed by atoms with Crippen LogP contribution in [0.25, 0.3) is 0 Å². The van der Waals surface area contributed by atoms with Gasteiger partial charge in [0.2, 0.25) is 5.91 Å². The summed E-state index contributed by atoms with van der Waals surface area (Å²) in [6.45, 7) is 1.87. The van der Waals surface area contributed by atoms with Gasteiger partial charge in [0.1, 0.15) is 0 Å². The molecule has 1 amide bonds. The fraction of sp³-hybridized carbons (Fsp3) is 0.615. The number of carbonyl (C=O) groups is 2. The molecule has 1 fully saturated rings. The van der Waals surface area contributed by atoms with Gasteiger partial charge in [0, 0.05) is 18.8 Å². The number of aromatic nitrogens is 2. The minimum absolute atomic E-state index is 0.156. The summed E-state index contributed by atoms with van der Waals surface area (Å²) in [5.74, 6) is -1.98. The number of carboxylic acids is 1. The Balaban J connectivity index is 1.99. The third kappa shape index (κ3) is 2.94. The van der Waals surface area contributed by atoms with Crippen LogP contribution >= 0.6 is 0 Å². The molecule has 0 radical (unpaired) electrons. The molecule has 1 aliphatic carbocycles. The molecule has 6 heteroatoms. The van der Waals surface area contributed by atoms with E-state index in [4.69, 9.17) is 5.11 Å². The second-order valence-corrected chi connectivity index (χ2v) is 5.16. The molecule has 3 atom stereocenters. The second-order valence-electron chi connectivity index (χ2n) is 5.16. The lowest BCUT2D eigenvalue weighted by Crippen LogP contribution is -2.36. The van der Waals surface area contributed by atoms with E-state index in [-0.39, 0.29) is 11.9 Å².